The molecule has 0 radical (unpaired) electrons. The Kier molecular flexibility index (Phi) is 3.19. The Morgan fingerprint density at radius 2 is 1.50 bits per heavy atom. The van der Waals surface area contributed by atoms with Gasteiger partial charge in [-0.05, 0) is 31.2 Å². The van der Waals surface area contributed by atoms with Crippen molar-refractivity contribution in [3.05, 3.63) is 53.6 Å². The first-order valence-electron chi connectivity index (χ1n) is 5.54. The van der Waals surface area contributed by atoms with Gasteiger partial charge in [0, 0.05) is 18.4 Å². The Morgan fingerprint density at radius 3 is 2.00 bits per heavy atom. The van der Waals surface area contributed by atoms with Crippen LogP contribution in [0.2, 0.25) is 0 Å². The van der Waals surface area contributed by atoms with Crippen LogP contribution in [0.1, 0.15) is 5.56 Å². The molecule has 0 amide bonds. The van der Waals surface area contributed by atoms with E-state index in [4.69, 9.17) is 5.73 Å². The number of benzene rings is 2. The minimum absolute atomic E-state index is 0.0751. The maximum Gasteiger partial charge on any atom is 0.151 e. The molecule has 0 saturated carbocycles. The molecule has 0 unspecified atom stereocenters. The van der Waals surface area contributed by atoms with Gasteiger partial charge in [-0.3, -0.25) is 0 Å². The largest absolute Gasteiger partial charge is 0.399 e. The zero-order valence-corrected chi connectivity index (χ0v) is 10.2. The van der Waals surface area contributed by atoms with Crippen LogP contribution < -0.4 is 10.6 Å². The Hall–Kier alpha value is -2.10. The van der Waals surface area contributed by atoms with Gasteiger partial charge in [-0.2, -0.15) is 0 Å². The summed E-state index contributed by atoms with van der Waals surface area (Å²) in [7, 11) is 1.61. The number of anilines is 3. The topological polar surface area (TPSA) is 29.3 Å². The van der Waals surface area contributed by atoms with Gasteiger partial charge in [0.25, 0.3) is 0 Å². The molecule has 0 saturated heterocycles. The van der Waals surface area contributed by atoms with Gasteiger partial charge in [-0.15, -0.1) is 0 Å². The highest BCUT2D eigenvalue weighted by Crippen LogP contribution is 2.30. The maximum absolute atomic E-state index is 13.8. The lowest BCUT2D eigenvalue weighted by Gasteiger charge is -2.21. The fourth-order valence-corrected chi connectivity index (χ4v) is 1.80. The molecule has 2 rings (SSSR count). The fourth-order valence-electron chi connectivity index (χ4n) is 1.80. The lowest BCUT2D eigenvalue weighted by Crippen LogP contribution is -2.13. The minimum Gasteiger partial charge on any atom is -0.399 e. The van der Waals surface area contributed by atoms with Crippen LogP contribution in [0, 0.1) is 18.6 Å². The first-order chi connectivity index (χ1) is 8.49. The summed E-state index contributed by atoms with van der Waals surface area (Å²) >= 11 is 0. The van der Waals surface area contributed by atoms with Crippen LogP contribution in [0.25, 0.3) is 0 Å². The third-order valence-electron chi connectivity index (χ3n) is 2.80. The molecule has 0 aromatic heterocycles. The standard InChI is InChI=1S/C14H14F2N2/c1-9-3-5-11(6-4-9)18(2)14-12(15)7-10(17)8-13(14)16/h3-8H,17H2,1-2H3. The summed E-state index contributed by atoms with van der Waals surface area (Å²) in [6.07, 6.45) is 0. The van der Waals surface area contributed by atoms with Gasteiger partial charge in [0.15, 0.2) is 11.6 Å². The monoisotopic (exact) mass is 248 g/mol. The van der Waals surface area contributed by atoms with E-state index in [1.807, 2.05) is 31.2 Å². The molecule has 0 fully saturated rings. The van der Waals surface area contributed by atoms with Gasteiger partial charge >= 0.3 is 0 Å². The van der Waals surface area contributed by atoms with Crippen molar-refractivity contribution >= 4 is 17.1 Å². The Bertz CT molecular complexity index is 542. The van der Waals surface area contributed by atoms with Gasteiger partial charge in [0.1, 0.15) is 5.69 Å². The first-order valence-corrected chi connectivity index (χ1v) is 5.54. The Morgan fingerprint density at radius 1 is 1.00 bits per heavy atom. The van der Waals surface area contributed by atoms with Crippen molar-refractivity contribution in [3.63, 3.8) is 0 Å². The smallest absolute Gasteiger partial charge is 0.151 e. The number of halogens is 2. The second kappa shape index (κ2) is 4.64. The summed E-state index contributed by atoms with van der Waals surface area (Å²) in [5.74, 6) is -1.34. The summed E-state index contributed by atoms with van der Waals surface area (Å²) in [6, 6.07) is 9.62. The molecule has 2 aromatic carbocycles. The lowest BCUT2D eigenvalue weighted by atomic mass is 10.2. The van der Waals surface area contributed by atoms with E-state index in [1.54, 1.807) is 7.05 Å². The van der Waals surface area contributed by atoms with E-state index in [0.717, 1.165) is 17.7 Å². The van der Waals surface area contributed by atoms with Crippen molar-refractivity contribution in [1.82, 2.24) is 0 Å². The summed E-state index contributed by atoms with van der Waals surface area (Å²) in [4.78, 5) is 1.46. The van der Waals surface area contributed by atoms with E-state index in [-0.39, 0.29) is 11.4 Å². The summed E-state index contributed by atoms with van der Waals surface area (Å²) < 4.78 is 27.5. The fraction of sp³-hybridized carbons (Fsp3) is 0.143. The molecule has 0 aliphatic rings. The van der Waals surface area contributed by atoms with Crippen molar-refractivity contribution in [1.29, 1.82) is 0 Å². The van der Waals surface area contributed by atoms with Gasteiger partial charge < -0.3 is 10.6 Å². The number of aryl methyl sites for hydroxylation is 1. The van der Waals surface area contributed by atoms with Crippen LogP contribution >= 0.6 is 0 Å². The zero-order chi connectivity index (χ0) is 13.3. The van der Waals surface area contributed by atoms with Crippen molar-refractivity contribution in [2.45, 2.75) is 6.92 Å². The van der Waals surface area contributed by atoms with Gasteiger partial charge in [-0.1, -0.05) is 17.7 Å². The van der Waals surface area contributed by atoms with E-state index in [1.165, 1.54) is 4.90 Å². The maximum atomic E-state index is 13.8. The molecule has 0 aliphatic carbocycles. The Labute approximate surface area is 105 Å². The summed E-state index contributed by atoms with van der Waals surface area (Å²) in [5, 5.41) is 0. The molecule has 0 heterocycles. The highest BCUT2D eigenvalue weighted by atomic mass is 19.1. The zero-order valence-electron chi connectivity index (χ0n) is 10.2. The van der Waals surface area contributed by atoms with Crippen LogP contribution in [0.3, 0.4) is 0 Å². The SMILES string of the molecule is Cc1ccc(N(C)c2c(F)cc(N)cc2F)cc1. The van der Waals surface area contributed by atoms with E-state index in [0.29, 0.717) is 5.69 Å². The van der Waals surface area contributed by atoms with Gasteiger partial charge in [0.2, 0.25) is 0 Å². The average molecular weight is 248 g/mol. The molecule has 0 bridgehead atoms. The minimum atomic E-state index is -0.671. The first kappa shape index (κ1) is 12.4. The number of rotatable bonds is 2. The van der Waals surface area contributed by atoms with E-state index in [2.05, 4.69) is 0 Å². The predicted molar refractivity (Wildman–Crippen MR) is 70.0 cm³/mol. The number of hydrogen-bond acceptors (Lipinski definition) is 2. The highest BCUT2D eigenvalue weighted by molar-refractivity contribution is 5.65. The predicted octanol–water partition coefficient (Wildman–Crippen LogP) is 3.62. The van der Waals surface area contributed by atoms with Crippen molar-refractivity contribution < 1.29 is 8.78 Å². The normalized spacial score (nSPS) is 10.4. The highest BCUT2D eigenvalue weighted by Gasteiger charge is 2.15. The van der Waals surface area contributed by atoms with Crippen molar-refractivity contribution in [3.8, 4) is 0 Å². The number of nitrogens with zero attached hydrogens (tertiary/aromatic N) is 1. The average Bonchev–Trinajstić information content (AvgIpc) is 2.28. The van der Waals surface area contributed by atoms with E-state index in [9.17, 15) is 8.78 Å². The molecule has 0 atom stereocenters. The van der Waals surface area contributed by atoms with Crippen molar-refractivity contribution in [2.75, 3.05) is 17.7 Å². The van der Waals surface area contributed by atoms with E-state index < -0.39 is 11.6 Å². The van der Waals surface area contributed by atoms with Crippen LogP contribution in [0.15, 0.2) is 36.4 Å². The third-order valence-corrected chi connectivity index (χ3v) is 2.80. The molecule has 2 aromatic rings. The molecule has 0 spiro atoms. The molecule has 18 heavy (non-hydrogen) atoms. The van der Waals surface area contributed by atoms with Crippen LogP contribution in [-0.4, -0.2) is 7.05 Å². The van der Waals surface area contributed by atoms with Crippen LogP contribution in [0.4, 0.5) is 25.8 Å². The summed E-state index contributed by atoms with van der Waals surface area (Å²) in [6.45, 7) is 1.95. The van der Waals surface area contributed by atoms with Crippen LogP contribution in [-0.2, 0) is 0 Å². The van der Waals surface area contributed by atoms with E-state index >= 15 is 0 Å². The number of nitrogen functional groups attached to an aromatic ring is 1. The second-order valence-corrected chi connectivity index (χ2v) is 4.23. The lowest BCUT2D eigenvalue weighted by molar-refractivity contribution is 0.585. The molecule has 2 N–H and O–H groups in total. The van der Waals surface area contributed by atoms with Crippen molar-refractivity contribution in [2.24, 2.45) is 0 Å². The summed E-state index contributed by atoms with van der Waals surface area (Å²) in [5.41, 5.74) is 7.16. The van der Waals surface area contributed by atoms with Gasteiger partial charge in [-0.25, -0.2) is 8.78 Å². The quantitative estimate of drug-likeness (QED) is 0.822. The van der Waals surface area contributed by atoms with Gasteiger partial charge in [0.05, 0.1) is 0 Å². The molecular formula is C14H14F2N2. The molecule has 2 nitrogen and oxygen atoms in total. The third kappa shape index (κ3) is 2.27. The molecule has 94 valence electrons. The molecule has 0 aliphatic heterocycles. The second-order valence-electron chi connectivity index (χ2n) is 4.23. The van der Waals surface area contributed by atoms with Crippen LogP contribution in [0.5, 0.6) is 0 Å². The molecule has 4 heteroatoms. The number of hydrogen-bond donors (Lipinski definition) is 1. The molecular weight excluding hydrogens is 234 g/mol. The number of nitrogens with two attached hydrogens (primary N) is 1. The Balaban J connectivity index is 2.46.